The van der Waals surface area contributed by atoms with Gasteiger partial charge in [-0.2, -0.15) is 0 Å². The molecule has 1 aromatic rings. The fourth-order valence-electron chi connectivity index (χ4n) is 5.74. The van der Waals surface area contributed by atoms with Crippen LogP contribution in [0.4, 0.5) is 0 Å². The molecule has 122 valence electrons. The van der Waals surface area contributed by atoms with Gasteiger partial charge in [0.2, 0.25) is 5.75 Å². The Morgan fingerprint density at radius 1 is 1.48 bits per heavy atom. The number of likely N-dealkylation sites (N-methyl/N-ethyl adjacent to an activating group) is 1. The van der Waals surface area contributed by atoms with Crippen LogP contribution in [-0.2, 0) is 16.6 Å². The number of likely N-dealkylation sites (tertiary alicyclic amines) is 1. The topological polar surface area (TPSA) is 78.8 Å². The molecule has 0 aromatic heterocycles. The first-order valence-electron chi connectivity index (χ1n) is 8.22. The molecule has 2 fully saturated rings. The lowest BCUT2D eigenvalue weighted by Gasteiger charge is -2.62. The average molecular weight is 317 g/mol. The van der Waals surface area contributed by atoms with Crippen LogP contribution in [-0.4, -0.2) is 41.4 Å². The van der Waals surface area contributed by atoms with Crippen molar-refractivity contribution in [3.05, 3.63) is 28.5 Å². The molecule has 1 aromatic carbocycles. The van der Waals surface area contributed by atoms with Gasteiger partial charge < -0.3 is 19.5 Å². The maximum atomic E-state index is 13.0. The summed E-state index contributed by atoms with van der Waals surface area (Å²) in [6, 6.07) is 3.55. The molecule has 1 saturated carbocycles. The molecular weight excluding hydrogens is 298 g/mol. The van der Waals surface area contributed by atoms with Crippen molar-refractivity contribution in [3.63, 3.8) is 0 Å². The number of quaternary nitrogens is 1. The Morgan fingerprint density at radius 3 is 3.09 bits per heavy atom. The molecule has 2 aliphatic carbocycles. The van der Waals surface area contributed by atoms with Crippen molar-refractivity contribution in [1.29, 1.82) is 0 Å². The molecule has 4 aliphatic rings. The van der Waals surface area contributed by atoms with Crippen LogP contribution in [0.1, 0.15) is 30.4 Å². The lowest BCUT2D eigenvalue weighted by atomic mass is 9.51. The first-order valence-corrected chi connectivity index (χ1v) is 8.22. The Kier molecular flexibility index (Phi) is 2.43. The number of nitrogens with zero attached hydrogens (tertiary/aromatic N) is 1. The van der Waals surface area contributed by atoms with Gasteiger partial charge in [0.25, 0.3) is 0 Å². The summed E-state index contributed by atoms with van der Waals surface area (Å²) in [5.41, 5.74) is 1.68. The average Bonchev–Trinajstić information content (AvgIpc) is 2.88. The lowest BCUT2D eigenvalue weighted by molar-refractivity contribution is -0.899. The SMILES string of the molecule is C[N+]1([O-])CC[C@]23c4c5ccc(OO)c4O[C@H]2C(=O)CC[C@H]3[C@H]1C5. The lowest BCUT2D eigenvalue weighted by Crippen LogP contribution is -2.70. The minimum Gasteiger partial charge on any atom is -0.633 e. The Morgan fingerprint density at radius 2 is 2.30 bits per heavy atom. The molecule has 2 bridgehead atoms. The number of Topliss-reactive ketones (excluding diaryl/α,β-unsaturated/α-hetero) is 1. The normalized spacial score (nSPS) is 42.9. The first kappa shape index (κ1) is 13.8. The molecule has 6 nitrogen and oxygen atoms in total. The standard InChI is InChI=1S/C17H19NO5/c1-18(20)7-6-17-10-3-4-12(19)16(17)22-15-13(23-21)5-2-9(14(15)17)8-11(10)18/h2,5,10-11,16,21H,3-4,6-8H2,1H3/t10-,11+,16-,17-,18?/m0/s1. The summed E-state index contributed by atoms with van der Waals surface area (Å²) in [5.74, 6) is 1.04. The molecule has 1 N–H and O–H groups in total. The highest BCUT2D eigenvalue weighted by atomic mass is 17.1. The molecular formula is C17H19NO5. The molecule has 1 saturated heterocycles. The number of benzene rings is 1. The van der Waals surface area contributed by atoms with E-state index >= 15 is 0 Å². The van der Waals surface area contributed by atoms with Gasteiger partial charge in [0.15, 0.2) is 17.6 Å². The third-order valence-electron chi connectivity index (χ3n) is 6.70. The summed E-state index contributed by atoms with van der Waals surface area (Å²) >= 11 is 0. The molecule has 1 spiro atoms. The van der Waals surface area contributed by atoms with Gasteiger partial charge in [-0.3, -0.25) is 4.79 Å². The van der Waals surface area contributed by atoms with Crippen molar-refractivity contribution in [1.82, 2.24) is 0 Å². The Balaban J connectivity index is 1.81. The van der Waals surface area contributed by atoms with Gasteiger partial charge in [-0.05, 0) is 18.1 Å². The molecule has 1 unspecified atom stereocenters. The van der Waals surface area contributed by atoms with Crippen molar-refractivity contribution >= 4 is 5.78 Å². The van der Waals surface area contributed by atoms with Crippen LogP contribution < -0.4 is 9.62 Å². The number of carbonyl (C=O) groups excluding carboxylic acids is 1. The van der Waals surface area contributed by atoms with E-state index < -0.39 is 11.5 Å². The summed E-state index contributed by atoms with van der Waals surface area (Å²) in [4.78, 5) is 17.1. The van der Waals surface area contributed by atoms with Crippen molar-refractivity contribution in [2.75, 3.05) is 13.6 Å². The molecule has 5 atom stereocenters. The molecule has 2 aliphatic heterocycles. The Hall–Kier alpha value is -1.63. The molecule has 6 heteroatoms. The van der Waals surface area contributed by atoms with E-state index in [1.807, 2.05) is 6.07 Å². The highest BCUT2D eigenvalue weighted by molar-refractivity contribution is 5.89. The van der Waals surface area contributed by atoms with Crippen molar-refractivity contribution in [2.24, 2.45) is 5.92 Å². The van der Waals surface area contributed by atoms with E-state index in [0.29, 0.717) is 31.6 Å². The molecule has 2 heterocycles. The van der Waals surface area contributed by atoms with Crippen LogP contribution >= 0.6 is 0 Å². The first-order chi connectivity index (χ1) is 11.0. The van der Waals surface area contributed by atoms with E-state index in [1.54, 1.807) is 13.1 Å². The second-order valence-electron chi connectivity index (χ2n) is 7.59. The van der Waals surface area contributed by atoms with Crippen LogP contribution in [0.25, 0.3) is 0 Å². The largest absolute Gasteiger partial charge is 0.633 e. The molecule has 0 amide bonds. The highest BCUT2D eigenvalue weighted by Gasteiger charge is 2.68. The van der Waals surface area contributed by atoms with E-state index in [-0.39, 0.29) is 28.1 Å². The van der Waals surface area contributed by atoms with Crippen LogP contribution in [0, 0.1) is 11.1 Å². The molecule has 0 radical (unpaired) electrons. The number of carbonyl (C=O) groups is 1. The number of ketones is 1. The van der Waals surface area contributed by atoms with E-state index in [0.717, 1.165) is 17.5 Å². The van der Waals surface area contributed by atoms with E-state index in [1.165, 1.54) is 0 Å². The number of ether oxygens (including phenoxy) is 1. The number of piperidine rings is 1. The predicted molar refractivity (Wildman–Crippen MR) is 80.1 cm³/mol. The second-order valence-corrected chi connectivity index (χ2v) is 7.59. The van der Waals surface area contributed by atoms with Crippen LogP contribution in [0.5, 0.6) is 11.5 Å². The fraction of sp³-hybridized carbons (Fsp3) is 0.588. The van der Waals surface area contributed by atoms with Crippen molar-refractivity contribution < 1.29 is 24.3 Å². The van der Waals surface area contributed by atoms with Gasteiger partial charge in [-0.1, -0.05) is 6.07 Å². The van der Waals surface area contributed by atoms with Gasteiger partial charge >= 0.3 is 0 Å². The summed E-state index contributed by atoms with van der Waals surface area (Å²) in [6.07, 6.45) is 2.04. The van der Waals surface area contributed by atoms with Crippen LogP contribution in [0.3, 0.4) is 0 Å². The number of hydrogen-bond acceptors (Lipinski definition) is 5. The predicted octanol–water partition coefficient (Wildman–Crippen LogP) is 1.79. The Bertz CT molecular complexity index is 730. The maximum Gasteiger partial charge on any atom is 0.207 e. The molecule has 23 heavy (non-hydrogen) atoms. The summed E-state index contributed by atoms with van der Waals surface area (Å²) in [7, 11) is 1.76. The third-order valence-corrected chi connectivity index (χ3v) is 6.70. The number of hydroxylamine groups is 3. The molecule has 5 rings (SSSR count). The van der Waals surface area contributed by atoms with Crippen molar-refractivity contribution in [3.8, 4) is 11.5 Å². The monoisotopic (exact) mass is 317 g/mol. The fourth-order valence-corrected chi connectivity index (χ4v) is 5.74. The summed E-state index contributed by atoms with van der Waals surface area (Å²) < 4.78 is 5.80. The highest BCUT2D eigenvalue weighted by Crippen LogP contribution is 2.63. The summed E-state index contributed by atoms with van der Waals surface area (Å²) in [6.45, 7) is 0.497. The number of rotatable bonds is 1. The number of hydrogen-bond donors (Lipinski definition) is 1. The minimum atomic E-state index is -0.533. The minimum absolute atomic E-state index is 0.0257. The maximum absolute atomic E-state index is 13.0. The van der Waals surface area contributed by atoms with Gasteiger partial charge in [0.1, 0.15) is 0 Å². The van der Waals surface area contributed by atoms with Crippen LogP contribution in [0.2, 0.25) is 0 Å². The summed E-state index contributed by atoms with van der Waals surface area (Å²) in [5, 5.41) is 22.2. The second kappa shape index (κ2) is 4.06. The Labute approximate surface area is 133 Å². The van der Waals surface area contributed by atoms with Gasteiger partial charge in [0, 0.05) is 30.7 Å². The van der Waals surface area contributed by atoms with E-state index in [9.17, 15) is 10.0 Å². The zero-order valence-electron chi connectivity index (χ0n) is 12.9. The zero-order valence-corrected chi connectivity index (χ0v) is 12.9. The quantitative estimate of drug-likeness (QED) is 0.370. The van der Waals surface area contributed by atoms with Gasteiger partial charge in [-0.15, -0.1) is 0 Å². The third kappa shape index (κ3) is 1.43. The zero-order chi connectivity index (χ0) is 16.0. The van der Waals surface area contributed by atoms with Crippen LogP contribution in [0.15, 0.2) is 12.1 Å². The van der Waals surface area contributed by atoms with Gasteiger partial charge in [0.05, 0.1) is 25.0 Å². The van der Waals surface area contributed by atoms with Crippen molar-refractivity contribution in [2.45, 2.75) is 43.2 Å². The smallest absolute Gasteiger partial charge is 0.207 e. The van der Waals surface area contributed by atoms with E-state index in [4.69, 9.17) is 9.99 Å². The van der Waals surface area contributed by atoms with E-state index in [2.05, 4.69) is 4.89 Å². The van der Waals surface area contributed by atoms with Gasteiger partial charge in [-0.25, -0.2) is 5.26 Å².